The van der Waals surface area contributed by atoms with Gasteiger partial charge in [0.15, 0.2) is 17.5 Å². The summed E-state index contributed by atoms with van der Waals surface area (Å²) in [5.74, 6) is 4.06. The molecule has 0 saturated heterocycles. The second-order valence-electron chi connectivity index (χ2n) is 8.12. The summed E-state index contributed by atoms with van der Waals surface area (Å²) >= 11 is 0. The normalized spacial score (nSPS) is 13.9. The molecule has 1 aromatic carbocycles. The molecule has 4 rings (SSSR count). The fourth-order valence-electron chi connectivity index (χ4n) is 4.04. The van der Waals surface area contributed by atoms with E-state index in [1.54, 1.807) is 20.4 Å². The number of imidazole rings is 1. The van der Waals surface area contributed by atoms with Crippen LogP contribution in [0.3, 0.4) is 0 Å². The monoisotopic (exact) mass is 576 g/mol. The zero-order chi connectivity index (χ0) is 23.0. The van der Waals surface area contributed by atoms with Crippen LogP contribution in [-0.4, -0.2) is 40.8 Å². The Bertz CT molecular complexity index is 1080. The maximum absolute atomic E-state index is 6.33. The SMILES string of the molecule is CN=C(NCc1ccc(-n2ccnc2C)nc1)NCc1cccc(OC)c1OC1CCCC1.I. The van der Waals surface area contributed by atoms with Crippen molar-refractivity contribution >= 4 is 29.9 Å². The van der Waals surface area contributed by atoms with E-state index < -0.39 is 0 Å². The van der Waals surface area contributed by atoms with Crippen LogP contribution in [0.15, 0.2) is 53.9 Å². The van der Waals surface area contributed by atoms with E-state index in [1.165, 1.54) is 12.8 Å². The fourth-order valence-corrected chi connectivity index (χ4v) is 4.04. The smallest absolute Gasteiger partial charge is 0.191 e. The highest BCUT2D eigenvalue weighted by atomic mass is 127. The molecule has 182 valence electrons. The third-order valence-electron chi connectivity index (χ3n) is 5.88. The lowest BCUT2D eigenvalue weighted by Crippen LogP contribution is -2.36. The number of pyridine rings is 1. The van der Waals surface area contributed by atoms with Gasteiger partial charge in [-0.15, -0.1) is 24.0 Å². The molecule has 0 spiro atoms. The number of nitrogens with zero attached hydrogens (tertiary/aromatic N) is 4. The zero-order valence-electron chi connectivity index (χ0n) is 20.0. The summed E-state index contributed by atoms with van der Waals surface area (Å²) in [7, 11) is 3.45. The number of hydrogen-bond acceptors (Lipinski definition) is 5. The Hall–Kier alpha value is -2.82. The Morgan fingerprint density at radius 3 is 2.56 bits per heavy atom. The average molecular weight is 576 g/mol. The highest BCUT2D eigenvalue weighted by molar-refractivity contribution is 14.0. The first-order valence-corrected chi connectivity index (χ1v) is 11.4. The third kappa shape index (κ3) is 6.40. The van der Waals surface area contributed by atoms with Crippen molar-refractivity contribution in [3.8, 4) is 17.3 Å². The molecule has 1 saturated carbocycles. The van der Waals surface area contributed by atoms with E-state index in [-0.39, 0.29) is 30.1 Å². The molecule has 1 aliphatic carbocycles. The minimum Gasteiger partial charge on any atom is -0.493 e. The number of ether oxygens (including phenoxy) is 2. The number of para-hydroxylation sites is 1. The van der Waals surface area contributed by atoms with Gasteiger partial charge in [-0.05, 0) is 50.3 Å². The summed E-state index contributed by atoms with van der Waals surface area (Å²) in [5.41, 5.74) is 2.11. The third-order valence-corrected chi connectivity index (χ3v) is 5.88. The number of nitrogens with one attached hydrogen (secondary N) is 2. The Morgan fingerprint density at radius 2 is 1.91 bits per heavy atom. The van der Waals surface area contributed by atoms with Crippen LogP contribution in [0.5, 0.6) is 11.5 Å². The summed E-state index contributed by atoms with van der Waals surface area (Å²) in [6.07, 6.45) is 10.5. The first-order valence-electron chi connectivity index (χ1n) is 11.4. The first-order chi connectivity index (χ1) is 16.2. The van der Waals surface area contributed by atoms with Gasteiger partial charge in [0.25, 0.3) is 0 Å². The predicted octanol–water partition coefficient (Wildman–Crippen LogP) is 4.39. The minimum absolute atomic E-state index is 0. The van der Waals surface area contributed by atoms with Gasteiger partial charge in [-0.1, -0.05) is 18.2 Å². The highest BCUT2D eigenvalue weighted by Crippen LogP contribution is 2.34. The molecule has 9 heteroatoms. The molecule has 0 aliphatic heterocycles. The van der Waals surface area contributed by atoms with Gasteiger partial charge in [-0.25, -0.2) is 9.97 Å². The first kappa shape index (κ1) is 25.8. The largest absolute Gasteiger partial charge is 0.493 e. The average Bonchev–Trinajstić information content (AvgIpc) is 3.52. The van der Waals surface area contributed by atoms with Crippen LogP contribution < -0.4 is 20.1 Å². The molecule has 3 aromatic rings. The fraction of sp³-hybridized carbons (Fsp3) is 0.400. The summed E-state index contributed by atoms with van der Waals surface area (Å²) in [6.45, 7) is 3.15. The minimum atomic E-state index is 0. The Morgan fingerprint density at radius 1 is 1.12 bits per heavy atom. The van der Waals surface area contributed by atoms with Crippen molar-refractivity contribution in [3.63, 3.8) is 0 Å². The molecule has 0 bridgehead atoms. The Kier molecular flexibility index (Phi) is 9.55. The van der Waals surface area contributed by atoms with E-state index in [9.17, 15) is 0 Å². The molecule has 2 N–H and O–H groups in total. The molecular weight excluding hydrogens is 543 g/mol. The summed E-state index contributed by atoms with van der Waals surface area (Å²) in [4.78, 5) is 13.2. The lowest BCUT2D eigenvalue weighted by atomic mass is 10.1. The van der Waals surface area contributed by atoms with E-state index in [0.29, 0.717) is 19.0 Å². The molecule has 0 atom stereocenters. The number of aryl methyl sites for hydroxylation is 1. The lowest BCUT2D eigenvalue weighted by Gasteiger charge is -2.20. The predicted molar refractivity (Wildman–Crippen MR) is 144 cm³/mol. The Labute approximate surface area is 218 Å². The highest BCUT2D eigenvalue weighted by Gasteiger charge is 2.20. The molecule has 8 nitrogen and oxygen atoms in total. The summed E-state index contributed by atoms with van der Waals surface area (Å²) in [6, 6.07) is 10.0. The number of aliphatic imine (C=N–C) groups is 1. The molecule has 1 aliphatic rings. The second-order valence-corrected chi connectivity index (χ2v) is 8.12. The van der Waals surface area contributed by atoms with Crippen LogP contribution in [0.4, 0.5) is 0 Å². The molecule has 0 radical (unpaired) electrons. The van der Waals surface area contributed by atoms with E-state index in [1.807, 2.05) is 42.1 Å². The van der Waals surface area contributed by atoms with Crippen LogP contribution in [0.25, 0.3) is 5.82 Å². The molecule has 2 aromatic heterocycles. The maximum Gasteiger partial charge on any atom is 0.191 e. The van der Waals surface area contributed by atoms with Crippen molar-refractivity contribution in [2.75, 3.05) is 14.2 Å². The second kappa shape index (κ2) is 12.6. The van der Waals surface area contributed by atoms with Crippen LogP contribution in [-0.2, 0) is 13.1 Å². The Balaban J connectivity index is 0.00000324. The lowest BCUT2D eigenvalue weighted by molar-refractivity contribution is 0.198. The van der Waals surface area contributed by atoms with Gasteiger partial charge in [-0.2, -0.15) is 0 Å². The van der Waals surface area contributed by atoms with E-state index >= 15 is 0 Å². The molecule has 1 fully saturated rings. The van der Waals surface area contributed by atoms with Crippen molar-refractivity contribution in [1.82, 2.24) is 25.2 Å². The van der Waals surface area contributed by atoms with Gasteiger partial charge in [-0.3, -0.25) is 9.56 Å². The van der Waals surface area contributed by atoms with Crippen LogP contribution in [0, 0.1) is 6.92 Å². The summed E-state index contributed by atoms with van der Waals surface area (Å²) in [5, 5.41) is 6.73. The van der Waals surface area contributed by atoms with Gasteiger partial charge in [0.05, 0.1) is 13.2 Å². The molecule has 34 heavy (non-hydrogen) atoms. The van der Waals surface area contributed by atoms with E-state index in [4.69, 9.17) is 9.47 Å². The van der Waals surface area contributed by atoms with Gasteiger partial charge in [0.1, 0.15) is 11.6 Å². The standard InChI is InChI=1S/C25H32N6O2.HI/c1-18-27-13-14-31(18)23-12-11-19(15-28-23)16-29-25(26-2)30-17-20-7-6-10-22(32-3)24(20)33-21-8-4-5-9-21;/h6-7,10-15,21H,4-5,8-9,16-17H2,1-3H3,(H2,26,29,30);1H. The van der Waals surface area contributed by atoms with E-state index in [0.717, 1.165) is 47.1 Å². The van der Waals surface area contributed by atoms with Gasteiger partial charge in [0, 0.05) is 44.3 Å². The number of methoxy groups -OCH3 is 1. The number of halogens is 1. The van der Waals surface area contributed by atoms with Crippen molar-refractivity contribution in [3.05, 3.63) is 65.9 Å². The molecule has 0 unspecified atom stereocenters. The number of guanidine groups is 1. The molecule has 0 amide bonds. The van der Waals surface area contributed by atoms with Crippen LogP contribution in [0.1, 0.15) is 42.6 Å². The molecule has 2 heterocycles. The summed E-state index contributed by atoms with van der Waals surface area (Å²) < 4.78 is 13.9. The van der Waals surface area contributed by atoms with Crippen LogP contribution >= 0.6 is 24.0 Å². The number of rotatable bonds is 8. The van der Waals surface area contributed by atoms with Crippen molar-refractivity contribution in [1.29, 1.82) is 0 Å². The quantitative estimate of drug-likeness (QED) is 0.235. The number of hydrogen-bond donors (Lipinski definition) is 2. The van der Waals surface area contributed by atoms with Gasteiger partial charge >= 0.3 is 0 Å². The van der Waals surface area contributed by atoms with Crippen LogP contribution in [0.2, 0.25) is 0 Å². The maximum atomic E-state index is 6.33. The van der Waals surface area contributed by atoms with Gasteiger partial charge in [0.2, 0.25) is 0 Å². The van der Waals surface area contributed by atoms with Crippen molar-refractivity contribution < 1.29 is 9.47 Å². The van der Waals surface area contributed by atoms with Crippen molar-refractivity contribution in [2.45, 2.75) is 51.8 Å². The van der Waals surface area contributed by atoms with Crippen molar-refractivity contribution in [2.24, 2.45) is 4.99 Å². The number of aromatic nitrogens is 3. The number of benzene rings is 1. The topological polar surface area (TPSA) is 85.6 Å². The van der Waals surface area contributed by atoms with E-state index in [2.05, 4.69) is 37.7 Å². The van der Waals surface area contributed by atoms with Gasteiger partial charge < -0.3 is 20.1 Å². The molecular formula is C25H33IN6O2. The zero-order valence-corrected chi connectivity index (χ0v) is 22.3.